The van der Waals surface area contributed by atoms with Crippen LogP contribution in [0.1, 0.15) is 11.1 Å². The standard InChI is InChI=1S/C26H29N3O4S/c1-28-14-16-29(17-15-28)34(31,32)24-12-7-11-23(19-24)27-26(30)20-33-25-13-6-5-10-22(25)18-21-8-3-2-4-9-21/h2-13,19H,14-18,20H2,1H3,(H,27,30). The highest BCUT2D eigenvalue weighted by Crippen LogP contribution is 2.23. The number of para-hydroxylation sites is 1. The lowest BCUT2D eigenvalue weighted by Crippen LogP contribution is -2.47. The summed E-state index contributed by atoms with van der Waals surface area (Å²) in [5, 5.41) is 2.75. The SMILES string of the molecule is CN1CCN(S(=O)(=O)c2cccc(NC(=O)COc3ccccc3Cc3ccccc3)c2)CC1. The third-order valence-electron chi connectivity index (χ3n) is 5.79. The van der Waals surface area contributed by atoms with Crippen LogP contribution in [-0.4, -0.2) is 63.4 Å². The minimum Gasteiger partial charge on any atom is -0.483 e. The van der Waals surface area contributed by atoms with Crippen molar-refractivity contribution in [2.45, 2.75) is 11.3 Å². The van der Waals surface area contributed by atoms with Crippen LogP contribution >= 0.6 is 0 Å². The Balaban J connectivity index is 1.38. The highest BCUT2D eigenvalue weighted by atomic mass is 32.2. The molecule has 0 aliphatic carbocycles. The Morgan fingerprint density at radius 1 is 0.912 bits per heavy atom. The molecule has 1 saturated heterocycles. The highest BCUT2D eigenvalue weighted by Gasteiger charge is 2.27. The molecule has 7 nitrogen and oxygen atoms in total. The predicted octanol–water partition coefficient (Wildman–Crippen LogP) is 3.23. The molecule has 8 heteroatoms. The van der Waals surface area contributed by atoms with Crippen LogP contribution in [0.15, 0.2) is 83.8 Å². The molecular formula is C26H29N3O4S. The first-order valence-electron chi connectivity index (χ1n) is 11.2. The molecule has 0 atom stereocenters. The van der Waals surface area contributed by atoms with E-state index in [9.17, 15) is 13.2 Å². The first-order chi connectivity index (χ1) is 16.4. The Hall–Kier alpha value is -3.20. The minimum absolute atomic E-state index is 0.170. The van der Waals surface area contributed by atoms with E-state index in [1.54, 1.807) is 18.2 Å². The van der Waals surface area contributed by atoms with Crippen LogP contribution in [0.25, 0.3) is 0 Å². The first-order valence-corrected chi connectivity index (χ1v) is 12.7. The van der Waals surface area contributed by atoms with E-state index < -0.39 is 10.0 Å². The van der Waals surface area contributed by atoms with Crippen LogP contribution in [0.2, 0.25) is 0 Å². The van der Waals surface area contributed by atoms with Crippen molar-refractivity contribution in [1.82, 2.24) is 9.21 Å². The molecule has 0 radical (unpaired) electrons. The summed E-state index contributed by atoms with van der Waals surface area (Å²) in [6, 6.07) is 24.0. The third-order valence-corrected chi connectivity index (χ3v) is 7.68. The maximum absolute atomic E-state index is 13.0. The molecular weight excluding hydrogens is 450 g/mol. The van der Waals surface area contributed by atoms with Gasteiger partial charge in [0.15, 0.2) is 6.61 Å². The second kappa shape index (κ2) is 10.8. The summed E-state index contributed by atoms with van der Waals surface area (Å²) in [6.07, 6.45) is 0.699. The van der Waals surface area contributed by atoms with Crippen molar-refractivity contribution in [1.29, 1.82) is 0 Å². The lowest BCUT2D eigenvalue weighted by atomic mass is 10.0. The maximum Gasteiger partial charge on any atom is 0.262 e. The van der Waals surface area contributed by atoms with Crippen LogP contribution in [0.4, 0.5) is 5.69 Å². The van der Waals surface area contributed by atoms with Gasteiger partial charge in [0, 0.05) is 38.3 Å². The van der Waals surface area contributed by atoms with Gasteiger partial charge in [0.2, 0.25) is 10.0 Å². The molecule has 1 amide bonds. The summed E-state index contributed by atoms with van der Waals surface area (Å²) in [5.74, 6) is 0.288. The van der Waals surface area contributed by atoms with Crippen LogP contribution in [0, 0.1) is 0 Å². The van der Waals surface area contributed by atoms with Gasteiger partial charge in [0.1, 0.15) is 5.75 Å². The summed E-state index contributed by atoms with van der Waals surface area (Å²) in [6.45, 7) is 2.11. The minimum atomic E-state index is -3.61. The van der Waals surface area contributed by atoms with Crippen molar-refractivity contribution in [3.05, 3.63) is 90.0 Å². The second-order valence-electron chi connectivity index (χ2n) is 8.34. The van der Waals surface area contributed by atoms with Gasteiger partial charge < -0.3 is 15.0 Å². The molecule has 3 aromatic carbocycles. The zero-order valence-electron chi connectivity index (χ0n) is 19.2. The topological polar surface area (TPSA) is 79.0 Å². The highest BCUT2D eigenvalue weighted by molar-refractivity contribution is 7.89. The molecule has 1 aliphatic heterocycles. The molecule has 0 spiro atoms. The summed E-state index contributed by atoms with van der Waals surface area (Å²) in [5.41, 5.74) is 2.56. The molecule has 0 unspecified atom stereocenters. The van der Waals surface area contributed by atoms with Gasteiger partial charge in [-0.15, -0.1) is 0 Å². The van der Waals surface area contributed by atoms with E-state index in [0.29, 0.717) is 44.0 Å². The Morgan fingerprint density at radius 2 is 1.62 bits per heavy atom. The van der Waals surface area contributed by atoms with Gasteiger partial charge in [0.25, 0.3) is 5.91 Å². The fourth-order valence-corrected chi connectivity index (χ4v) is 5.33. The Labute approximate surface area is 201 Å². The molecule has 1 N–H and O–H groups in total. The number of likely N-dealkylation sites (N-methyl/N-ethyl adjacent to an activating group) is 1. The summed E-state index contributed by atoms with van der Waals surface area (Å²) < 4.78 is 33.3. The number of nitrogens with one attached hydrogen (secondary N) is 1. The summed E-state index contributed by atoms with van der Waals surface area (Å²) in [7, 11) is -1.64. The number of rotatable bonds is 8. The zero-order chi connectivity index (χ0) is 24.0. The Bertz CT molecular complexity index is 1220. The van der Waals surface area contributed by atoms with Crippen molar-refractivity contribution in [2.75, 3.05) is 45.2 Å². The van der Waals surface area contributed by atoms with Crippen LogP contribution in [0.5, 0.6) is 5.75 Å². The van der Waals surface area contributed by atoms with Gasteiger partial charge in [0.05, 0.1) is 4.90 Å². The quantitative estimate of drug-likeness (QED) is 0.537. The number of amides is 1. The maximum atomic E-state index is 13.0. The molecule has 0 aromatic heterocycles. The lowest BCUT2D eigenvalue weighted by molar-refractivity contribution is -0.118. The van der Waals surface area contributed by atoms with Gasteiger partial charge in [-0.2, -0.15) is 4.31 Å². The number of hydrogen-bond donors (Lipinski definition) is 1. The average Bonchev–Trinajstić information content (AvgIpc) is 2.85. The monoisotopic (exact) mass is 479 g/mol. The van der Waals surface area contributed by atoms with Crippen molar-refractivity contribution >= 4 is 21.6 Å². The Morgan fingerprint density at radius 3 is 2.38 bits per heavy atom. The smallest absolute Gasteiger partial charge is 0.262 e. The van der Waals surface area contributed by atoms with E-state index >= 15 is 0 Å². The van der Waals surface area contributed by atoms with Crippen LogP contribution < -0.4 is 10.1 Å². The molecule has 34 heavy (non-hydrogen) atoms. The number of anilines is 1. The van der Waals surface area contributed by atoms with Gasteiger partial charge >= 0.3 is 0 Å². The fraction of sp³-hybridized carbons (Fsp3) is 0.269. The lowest BCUT2D eigenvalue weighted by Gasteiger charge is -2.31. The van der Waals surface area contributed by atoms with Gasteiger partial charge in [-0.25, -0.2) is 8.42 Å². The largest absolute Gasteiger partial charge is 0.483 e. The molecule has 3 aromatic rings. The zero-order valence-corrected chi connectivity index (χ0v) is 20.0. The number of carbonyl (C=O) groups excluding carboxylic acids is 1. The number of nitrogens with zero attached hydrogens (tertiary/aromatic N) is 2. The van der Waals surface area contributed by atoms with Crippen molar-refractivity contribution in [3.8, 4) is 5.75 Å². The predicted molar refractivity (Wildman–Crippen MR) is 133 cm³/mol. The number of benzene rings is 3. The molecule has 1 fully saturated rings. The molecule has 1 heterocycles. The first kappa shape index (κ1) is 23.9. The van der Waals surface area contributed by atoms with Gasteiger partial charge in [-0.1, -0.05) is 54.6 Å². The van der Waals surface area contributed by atoms with Gasteiger partial charge in [-0.05, 0) is 42.4 Å². The summed E-state index contributed by atoms with van der Waals surface area (Å²) in [4.78, 5) is 14.8. The van der Waals surface area contributed by atoms with Crippen LogP contribution in [0.3, 0.4) is 0 Å². The van der Waals surface area contributed by atoms with E-state index in [0.717, 1.165) is 11.1 Å². The number of piperazine rings is 1. The number of sulfonamides is 1. The summed E-state index contributed by atoms with van der Waals surface area (Å²) >= 11 is 0. The molecule has 1 aliphatic rings. The normalized spacial score (nSPS) is 15.1. The molecule has 0 bridgehead atoms. The number of ether oxygens (including phenoxy) is 1. The number of carbonyl (C=O) groups is 1. The van der Waals surface area contributed by atoms with E-state index in [1.807, 2.05) is 61.6 Å². The molecule has 178 valence electrons. The van der Waals surface area contributed by atoms with Gasteiger partial charge in [-0.3, -0.25) is 4.79 Å². The van der Waals surface area contributed by atoms with Crippen molar-refractivity contribution < 1.29 is 17.9 Å². The van der Waals surface area contributed by atoms with Crippen molar-refractivity contribution in [2.24, 2.45) is 0 Å². The van der Waals surface area contributed by atoms with E-state index in [-0.39, 0.29) is 17.4 Å². The van der Waals surface area contributed by atoms with Crippen LogP contribution in [-0.2, 0) is 21.2 Å². The Kier molecular flexibility index (Phi) is 7.62. The van der Waals surface area contributed by atoms with E-state index in [1.165, 1.54) is 10.4 Å². The third kappa shape index (κ3) is 6.02. The number of hydrogen-bond acceptors (Lipinski definition) is 5. The average molecular weight is 480 g/mol. The van der Waals surface area contributed by atoms with Crippen molar-refractivity contribution in [3.63, 3.8) is 0 Å². The van der Waals surface area contributed by atoms with E-state index in [2.05, 4.69) is 10.2 Å². The fourth-order valence-electron chi connectivity index (χ4n) is 3.86. The molecule has 0 saturated carbocycles. The van der Waals surface area contributed by atoms with E-state index in [4.69, 9.17) is 4.74 Å². The second-order valence-corrected chi connectivity index (χ2v) is 10.3. The molecule has 4 rings (SSSR count).